The van der Waals surface area contributed by atoms with Crippen LogP contribution < -0.4 is 19.4 Å². The number of rotatable bonds is 4. The third kappa shape index (κ3) is 4.08. The molecule has 0 spiro atoms. The van der Waals surface area contributed by atoms with Gasteiger partial charge in [-0.15, -0.1) is 0 Å². The number of nitrogens with one attached hydrogen (secondary N) is 1. The molecule has 32 heavy (non-hydrogen) atoms. The summed E-state index contributed by atoms with van der Waals surface area (Å²) in [7, 11) is 1.69. The van der Waals surface area contributed by atoms with Gasteiger partial charge in [0.25, 0.3) is 5.91 Å². The van der Waals surface area contributed by atoms with Crippen LogP contribution in [0.2, 0.25) is 0 Å². The molecule has 5 nitrogen and oxygen atoms in total. The summed E-state index contributed by atoms with van der Waals surface area (Å²) in [6.45, 7) is 4.31. The Bertz CT molecular complexity index is 1040. The summed E-state index contributed by atoms with van der Waals surface area (Å²) in [6.07, 6.45) is 1.93. The lowest BCUT2D eigenvalue weighted by Crippen LogP contribution is -3.15. The van der Waals surface area contributed by atoms with Gasteiger partial charge in [-0.25, -0.2) is 0 Å². The molecule has 0 saturated carbocycles. The zero-order chi connectivity index (χ0) is 21.9. The van der Waals surface area contributed by atoms with Gasteiger partial charge in [-0.05, 0) is 60.4 Å². The van der Waals surface area contributed by atoms with Crippen LogP contribution in [0.3, 0.4) is 0 Å². The first-order valence-corrected chi connectivity index (χ1v) is 11.4. The van der Waals surface area contributed by atoms with E-state index in [4.69, 9.17) is 4.74 Å². The fourth-order valence-electron chi connectivity index (χ4n) is 4.89. The van der Waals surface area contributed by atoms with E-state index in [-0.39, 0.29) is 5.91 Å². The van der Waals surface area contributed by atoms with Crippen LogP contribution in [-0.2, 0) is 17.6 Å². The molecule has 1 N–H and O–H groups in total. The van der Waals surface area contributed by atoms with Gasteiger partial charge in [0.15, 0.2) is 6.54 Å². The number of benzene rings is 3. The summed E-state index contributed by atoms with van der Waals surface area (Å²) in [5.74, 6) is 1.06. The number of para-hydroxylation sites is 2. The molecule has 1 saturated heterocycles. The molecular weight excluding hydrogens is 398 g/mol. The van der Waals surface area contributed by atoms with E-state index in [9.17, 15) is 4.79 Å². The first-order chi connectivity index (χ1) is 15.7. The Morgan fingerprint density at radius 1 is 0.844 bits per heavy atom. The Hall–Kier alpha value is -3.31. The Morgan fingerprint density at radius 2 is 1.41 bits per heavy atom. The molecular formula is C27H30N3O2+. The van der Waals surface area contributed by atoms with Crippen molar-refractivity contribution in [3.63, 3.8) is 0 Å². The van der Waals surface area contributed by atoms with E-state index >= 15 is 0 Å². The molecule has 0 bridgehead atoms. The quantitative estimate of drug-likeness (QED) is 0.694. The molecule has 0 aromatic heterocycles. The third-order valence-electron chi connectivity index (χ3n) is 6.69. The largest absolute Gasteiger partial charge is 0.497 e. The molecule has 3 aromatic rings. The van der Waals surface area contributed by atoms with Crippen LogP contribution in [0.5, 0.6) is 5.75 Å². The number of methoxy groups -OCH3 is 1. The zero-order valence-corrected chi connectivity index (χ0v) is 18.6. The van der Waals surface area contributed by atoms with E-state index < -0.39 is 0 Å². The van der Waals surface area contributed by atoms with Crippen molar-refractivity contribution in [2.75, 3.05) is 49.6 Å². The number of amides is 1. The van der Waals surface area contributed by atoms with Crippen molar-refractivity contribution < 1.29 is 14.4 Å². The van der Waals surface area contributed by atoms with Crippen molar-refractivity contribution in [2.24, 2.45) is 0 Å². The van der Waals surface area contributed by atoms with Crippen LogP contribution in [0.4, 0.5) is 17.1 Å². The zero-order valence-electron chi connectivity index (χ0n) is 18.6. The first kappa shape index (κ1) is 20.6. The Kier molecular flexibility index (Phi) is 5.82. The third-order valence-corrected chi connectivity index (χ3v) is 6.69. The summed E-state index contributed by atoms with van der Waals surface area (Å²) >= 11 is 0. The van der Waals surface area contributed by atoms with E-state index in [1.54, 1.807) is 7.11 Å². The number of aryl methyl sites for hydroxylation is 2. The van der Waals surface area contributed by atoms with Crippen LogP contribution in [0, 0.1) is 0 Å². The monoisotopic (exact) mass is 428 g/mol. The molecule has 2 aliphatic rings. The normalized spacial score (nSPS) is 16.2. The number of carbonyl (C=O) groups excluding carboxylic acids is 1. The smallest absolute Gasteiger partial charge is 0.286 e. The minimum atomic E-state index is 0.180. The summed E-state index contributed by atoms with van der Waals surface area (Å²) in [4.78, 5) is 19.4. The minimum Gasteiger partial charge on any atom is -0.497 e. The van der Waals surface area contributed by atoms with E-state index in [2.05, 4.69) is 53.4 Å². The summed E-state index contributed by atoms with van der Waals surface area (Å²) < 4.78 is 5.27. The van der Waals surface area contributed by atoms with E-state index in [0.717, 1.165) is 56.1 Å². The fourth-order valence-corrected chi connectivity index (χ4v) is 4.89. The average Bonchev–Trinajstić information content (AvgIpc) is 3.01. The molecule has 0 atom stereocenters. The van der Waals surface area contributed by atoms with Crippen molar-refractivity contribution in [3.8, 4) is 5.75 Å². The second-order valence-electron chi connectivity index (χ2n) is 8.60. The number of hydrogen-bond donors (Lipinski definition) is 1. The molecule has 2 heterocycles. The summed E-state index contributed by atoms with van der Waals surface area (Å²) in [5, 5.41) is 0. The van der Waals surface area contributed by atoms with Crippen LogP contribution >= 0.6 is 0 Å². The highest BCUT2D eigenvalue weighted by Gasteiger charge is 2.30. The van der Waals surface area contributed by atoms with E-state index in [1.165, 1.54) is 21.7 Å². The van der Waals surface area contributed by atoms with Gasteiger partial charge in [-0.1, -0.05) is 36.4 Å². The number of carbonyl (C=O) groups is 1. The van der Waals surface area contributed by atoms with Crippen molar-refractivity contribution in [1.29, 1.82) is 0 Å². The molecule has 0 radical (unpaired) electrons. The number of anilines is 3. The van der Waals surface area contributed by atoms with Crippen molar-refractivity contribution in [3.05, 3.63) is 83.9 Å². The first-order valence-electron chi connectivity index (χ1n) is 11.4. The van der Waals surface area contributed by atoms with Gasteiger partial charge in [-0.3, -0.25) is 9.69 Å². The standard InChI is InChI=1S/C27H29N3O2/c1-32-24-14-12-23(13-15-24)29-18-16-28(17-19-29)20-27(31)30-25-8-4-2-6-21(25)10-11-22-7-3-5-9-26(22)30/h2-9,12-15H,10-11,16-20H2,1H3/p+1. The van der Waals surface area contributed by atoms with Gasteiger partial charge < -0.3 is 14.5 Å². The average molecular weight is 429 g/mol. The molecule has 0 aliphatic carbocycles. The highest BCUT2D eigenvalue weighted by molar-refractivity contribution is 6.02. The van der Waals surface area contributed by atoms with Gasteiger partial charge >= 0.3 is 0 Å². The summed E-state index contributed by atoms with van der Waals surface area (Å²) in [6, 6.07) is 24.9. The number of piperazine rings is 1. The maximum absolute atomic E-state index is 13.6. The number of nitrogens with zero attached hydrogens (tertiary/aromatic N) is 2. The highest BCUT2D eigenvalue weighted by Crippen LogP contribution is 2.35. The van der Waals surface area contributed by atoms with Crippen molar-refractivity contribution in [1.82, 2.24) is 0 Å². The van der Waals surface area contributed by atoms with Crippen molar-refractivity contribution in [2.45, 2.75) is 12.8 Å². The fraction of sp³-hybridized carbons (Fsp3) is 0.296. The van der Waals surface area contributed by atoms with Crippen LogP contribution in [-0.4, -0.2) is 45.7 Å². The van der Waals surface area contributed by atoms with E-state index in [1.807, 2.05) is 29.2 Å². The highest BCUT2D eigenvalue weighted by atomic mass is 16.5. The lowest BCUT2D eigenvalue weighted by molar-refractivity contribution is -0.892. The van der Waals surface area contributed by atoms with Crippen molar-refractivity contribution >= 4 is 23.0 Å². The number of hydrogen-bond acceptors (Lipinski definition) is 3. The molecule has 5 rings (SSSR count). The molecule has 1 amide bonds. The predicted molar refractivity (Wildman–Crippen MR) is 128 cm³/mol. The Labute approximate surface area is 189 Å². The molecule has 164 valence electrons. The number of fused-ring (bicyclic) bond motifs is 2. The number of quaternary nitrogens is 1. The van der Waals surface area contributed by atoms with Crippen LogP contribution in [0.1, 0.15) is 11.1 Å². The van der Waals surface area contributed by atoms with Crippen LogP contribution in [0.15, 0.2) is 72.8 Å². The Balaban J connectivity index is 1.30. The predicted octanol–water partition coefficient (Wildman–Crippen LogP) is 2.86. The molecule has 5 heteroatoms. The van der Waals surface area contributed by atoms with E-state index in [0.29, 0.717) is 6.54 Å². The molecule has 2 aliphatic heterocycles. The molecule has 3 aromatic carbocycles. The van der Waals surface area contributed by atoms with Gasteiger partial charge in [-0.2, -0.15) is 0 Å². The van der Waals surface area contributed by atoms with Gasteiger partial charge in [0, 0.05) is 5.69 Å². The summed E-state index contributed by atoms with van der Waals surface area (Å²) in [5.41, 5.74) is 5.79. The van der Waals surface area contributed by atoms with Gasteiger partial charge in [0.2, 0.25) is 0 Å². The second kappa shape index (κ2) is 9.05. The number of ether oxygens (including phenoxy) is 1. The molecule has 1 fully saturated rings. The second-order valence-corrected chi connectivity index (χ2v) is 8.60. The lowest BCUT2D eigenvalue weighted by atomic mass is 10.0. The topological polar surface area (TPSA) is 37.2 Å². The Morgan fingerprint density at radius 3 is 1.97 bits per heavy atom. The molecule has 0 unspecified atom stereocenters. The maximum atomic E-state index is 13.6. The van der Waals surface area contributed by atoms with Crippen LogP contribution in [0.25, 0.3) is 0 Å². The minimum absolute atomic E-state index is 0.180. The van der Waals surface area contributed by atoms with Gasteiger partial charge in [0.1, 0.15) is 5.75 Å². The SMILES string of the molecule is COc1ccc(N2CC[NH+](CC(=O)N3c4ccccc4CCc4ccccc43)CC2)cc1. The lowest BCUT2D eigenvalue weighted by Gasteiger charge is -2.34. The van der Waals surface area contributed by atoms with Gasteiger partial charge in [0.05, 0.1) is 44.7 Å². The maximum Gasteiger partial charge on any atom is 0.286 e.